The number of carbonyl (C=O) groups excluding carboxylic acids is 4. The molecule has 0 heterocycles. The van der Waals surface area contributed by atoms with Crippen LogP contribution in [0.5, 0.6) is 0 Å². The molecule has 9 heteroatoms. The van der Waals surface area contributed by atoms with Gasteiger partial charge in [0.25, 0.3) is 5.91 Å². The molecule has 140 valence electrons. The van der Waals surface area contributed by atoms with Gasteiger partial charge in [-0.15, -0.1) is 0 Å². The molecule has 0 saturated carbocycles. The Labute approximate surface area is 179 Å². The van der Waals surface area contributed by atoms with Crippen LogP contribution in [0.2, 0.25) is 0 Å². The van der Waals surface area contributed by atoms with Crippen LogP contribution in [0.15, 0.2) is 35.4 Å². The van der Waals surface area contributed by atoms with Gasteiger partial charge in [-0.05, 0) is 29.2 Å². The van der Waals surface area contributed by atoms with E-state index in [2.05, 4.69) is 10.1 Å². The summed E-state index contributed by atoms with van der Waals surface area (Å²) >= 11 is 0. The van der Waals surface area contributed by atoms with E-state index in [9.17, 15) is 24.3 Å². The number of esters is 1. The Morgan fingerprint density at radius 1 is 1.15 bits per heavy atom. The number of hydrogen-bond acceptors (Lipinski definition) is 6. The van der Waals surface area contributed by atoms with Crippen molar-refractivity contribution in [1.29, 1.82) is 0 Å². The number of nitrogens with two attached hydrogens (primary N) is 1. The van der Waals surface area contributed by atoms with Crippen LogP contribution in [0.1, 0.15) is 29.8 Å². The normalized spacial score (nSPS) is 11.1. The first-order valence-corrected chi connectivity index (χ1v) is 7.85. The van der Waals surface area contributed by atoms with E-state index in [1.165, 1.54) is 19.2 Å². The molecule has 0 spiro atoms. The molecule has 0 aliphatic rings. The van der Waals surface area contributed by atoms with Crippen LogP contribution in [-0.2, 0) is 25.5 Å². The zero-order valence-electron chi connectivity index (χ0n) is 15.8. The fraction of sp³-hybridized carbons (Fsp3) is 0.333. The first kappa shape index (κ1) is 24.8. The molecule has 8 nitrogen and oxygen atoms in total. The Kier molecular flexibility index (Phi) is 10.6. The Balaban J connectivity index is 0.00000676. The van der Waals surface area contributed by atoms with E-state index >= 15 is 0 Å². The van der Waals surface area contributed by atoms with E-state index in [1.807, 2.05) is 0 Å². The summed E-state index contributed by atoms with van der Waals surface area (Å²) in [4.78, 5) is 45.9. The first-order chi connectivity index (χ1) is 12.2. The number of carboxylic acid groups (broad SMARTS) is 1. The van der Waals surface area contributed by atoms with Gasteiger partial charge in [-0.2, -0.15) is 0 Å². The second-order valence-electron chi connectivity index (χ2n) is 5.85. The van der Waals surface area contributed by atoms with Crippen LogP contribution in [0, 0.1) is 5.92 Å². The van der Waals surface area contributed by atoms with Gasteiger partial charge < -0.3 is 25.7 Å². The van der Waals surface area contributed by atoms with Crippen LogP contribution < -0.4 is 45.7 Å². The molecule has 0 bridgehead atoms. The van der Waals surface area contributed by atoms with Crippen molar-refractivity contribution < 1.29 is 58.6 Å². The predicted molar refractivity (Wildman–Crippen MR) is 90.6 cm³/mol. The molecule has 0 aromatic heterocycles. The van der Waals surface area contributed by atoms with Crippen LogP contribution in [-0.4, -0.2) is 37.4 Å². The minimum atomic E-state index is -1.43. The van der Waals surface area contributed by atoms with Crippen molar-refractivity contribution in [2.24, 2.45) is 11.7 Å². The number of benzene rings is 1. The maximum atomic E-state index is 12.0. The van der Waals surface area contributed by atoms with Crippen molar-refractivity contribution in [2.75, 3.05) is 13.7 Å². The molecular weight excluding hydrogens is 363 g/mol. The number of carbonyl (C=O) groups is 4. The number of primary amides is 1. The SMILES string of the molecule is COC(=O)/C(Cc1ccc(C(=O)NCC(N)=O)cc1)=C(\C(=O)[O-])C(C)C.[Na+]. The minimum Gasteiger partial charge on any atom is -0.545 e. The van der Waals surface area contributed by atoms with E-state index < -0.39 is 29.7 Å². The Bertz CT molecular complexity index is 741. The Hall–Kier alpha value is -2.16. The molecule has 1 rings (SSSR count). The van der Waals surface area contributed by atoms with Crippen LogP contribution >= 0.6 is 0 Å². The predicted octanol–water partition coefficient (Wildman–Crippen LogP) is -3.68. The molecule has 0 fully saturated rings. The fourth-order valence-electron chi connectivity index (χ4n) is 2.36. The van der Waals surface area contributed by atoms with Crippen LogP contribution in [0.4, 0.5) is 0 Å². The van der Waals surface area contributed by atoms with Gasteiger partial charge in [0.2, 0.25) is 5.91 Å². The number of ether oxygens (including phenoxy) is 1. The molecule has 0 saturated heterocycles. The zero-order chi connectivity index (χ0) is 19.9. The fourth-order valence-corrected chi connectivity index (χ4v) is 2.36. The van der Waals surface area contributed by atoms with Gasteiger partial charge in [-0.3, -0.25) is 9.59 Å². The van der Waals surface area contributed by atoms with E-state index in [0.29, 0.717) is 11.1 Å². The molecule has 0 radical (unpaired) electrons. The summed E-state index contributed by atoms with van der Waals surface area (Å²) < 4.78 is 4.69. The van der Waals surface area contributed by atoms with Gasteiger partial charge >= 0.3 is 35.5 Å². The zero-order valence-corrected chi connectivity index (χ0v) is 17.8. The molecule has 0 aliphatic carbocycles. The van der Waals surface area contributed by atoms with Gasteiger partial charge in [0.15, 0.2) is 0 Å². The minimum absolute atomic E-state index is 0. The van der Waals surface area contributed by atoms with E-state index in [1.54, 1.807) is 26.0 Å². The topological polar surface area (TPSA) is 139 Å². The standard InChI is InChI=1S/C18H22N2O6.Na/c1-10(2)15(17(23)24)13(18(25)26-3)8-11-4-6-12(7-5-11)16(22)20-9-14(19)21;/h4-7,10H,8-9H2,1-3H3,(H2,19,21)(H,20,22)(H,23,24);/q;+1/p-1/b15-13-;. The summed E-state index contributed by atoms with van der Waals surface area (Å²) in [7, 11) is 1.17. The molecule has 1 aromatic carbocycles. The molecular formula is C18H21N2NaO6. The largest absolute Gasteiger partial charge is 1.00 e. The van der Waals surface area contributed by atoms with Gasteiger partial charge in [0.1, 0.15) is 0 Å². The summed E-state index contributed by atoms with van der Waals surface area (Å²) in [5.41, 5.74) is 5.73. The van der Waals surface area contributed by atoms with Crippen molar-refractivity contribution >= 4 is 23.8 Å². The van der Waals surface area contributed by atoms with E-state index in [-0.39, 0.29) is 53.7 Å². The first-order valence-electron chi connectivity index (χ1n) is 7.85. The van der Waals surface area contributed by atoms with Crippen molar-refractivity contribution in [2.45, 2.75) is 20.3 Å². The monoisotopic (exact) mass is 384 g/mol. The third-order valence-corrected chi connectivity index (χ3v) is 3.57. The molecule has 0 atom stereocenters. The second kappa shape index (κ2) is 11.5. The summed E-state index contributed by atoms with van der Waals surface area (Å²) in [6, 6.07) is 6.15. The maximum Gasteiger partial charge on any atom is 1.00 e. The molecule has 3 N–H and O–H groups in total. The van der Waals surface area contributed by atoms with Crippen LogP contribution in [0.3, 0.4) is 0 Å². The van der Waals surface area contributed by atoms with Crippen molar-refractivity contribution in [3.8, 4) is 0 Å². The van der Waals surface area contributed by atoms with Gasteiger partial charge in [0, 0.05) is 17.6 Å². The van der Waals surface area contributed by atoms with Crippen molar-refractivity contribution in [3.05, 3.63) is 46.5 Å². The summed E-state index contributed by atoms with van der Waals surface area (Å²) in [6.45, 7) is 3.00. The summed E-state index contributed by atoms with van der Waals surface area (Å²) in [6.07, 6.45) is 0.0113. The summed E-state index contributed by atoms with van der Waals surface area (Å²) in [5, 5.41) is 13.7. The number of aliphatic carboxylic acids is 1. The third kappa shape index (κ3) is 7.54. The van der Waals surface area contributed by atoms with E-state index in [0.717, 1.165) is 0 Å². The Morgan fingerprint density at radius 3 is 2.11 bits per heavy atom. The quantitative estimate of drug-likeness (QED) is 0.269. The number of rotatable bonds is 8. The Morgan fingerprint density at radius 2 is 1.70 bits per heavy atom. The number of amides is 2. The van der Waals surface area contributed by atoms with Gasteiger partial charge in [-0.1, -0.05) is 26.0 Å². The average molecular weight is 384 g/mol. The van der Waals surface area contributed by atoms with Crippen LogP contribution in [0.25, 0.3) is 0 Å². The van der Waals surface area contributed by atoms with Crippen molar-refractivity contribution in [3.63, 3.8) is 0 Å². The molecule has 2 amide bonds. The van der Waals surface area contributed by atoms with E-state index in [4.69, 9.17) is 5.73 Å². The van der Waals surface area contributed by atoms with Gasteiger partial charge in [-0.25, -0.2) is 4.79 Å². The number of methoxy groups -OCH3 is 1. The smallest absolute Gasteiger partial charge is 0.545 e. The molecule has 27 heavy (non-hydrogen) atoms. The number of carboxylic acids is 1. The van der Waals surface area contributed by atoms with Gasteiger partial charge in [0.05, 0.1) is 19.6 Å². The average Bonchev–Trinajstić information content (AvgIpc) is 2.58. The second-order valence-corrected chi connectivity index (χ2v) is 5.85. The number of nitrogens with one attached hydrogen (secondary N) is 1. The maximum absolute atomic E-state index is 12.0. The molecule has 0 unspecified atom stereocenters. The third-order valence-electron chi connectivity index (χ3n) is 3.57. The number of hydrogen-bond donors (Lipinski definition) is 2. The summed E-state index contributed by atoms with van der Waals surface area (Å²) in [5.74, 6) is -3.75. The molecule has 1 aromatic rings. The molecule has 0 aliphatic heterocycles. The van der Waals surface area contributed by atoms with Crippen molar-refractivity contribution in [1.82, 2.24) is 5.32 Å².